The van der Waals surface area contributed by atoms with Gasteiger partial charge >= 0.3 is 0 Å². The van der Waals surface area contributed by atoms with Crippen LogP contribution in [0.5, 0.6) is 5.75 Å². The van der Waals surface area contributed by atoms with Gasteiger partial charge in [0.15, 0.2) is 5.78 Å². The lowest BCUT2D eigenvalue weighted by Crippen LogP contribution is -1.98. The molecule has 0 aliphatic carbocycles. The Balaban J connectivity index is 2.58. The summed E-state index contributed by atoms with van der Waals surface area (Å²) in [6, 6.07) is 7.24. The second kappa shape index (κ2) is 6.68. The zero-order valence-corrected chi connectivity index (χ0v) is 9.75. The van der Waals surface area contributed by atoms with E-state index in [1.807, 2.05) is 19.1 Å². The van der Waals surface area contributed by atoms with Crippen molar-refractivity contribution in [3.8, 4) is 17.6 Å². The first kappa shape index (κ1) is 12.3. The second-order valence-corrected chi connectivity index (χ2v) is 3.31. The smallest absolute Gasteiger partial charge is 0.163 e. The predicted octanol–water partition coefficient (Wildman–Crippen LogP) is 3.07. The van der Waals surface area contributed by atoms with Crippen LogP contribution >= 0.6 is 0 Å². The van der Waals surface area contributed by atoms with Crippen LogP contribution in [0.15, 0.2) is 24.3 Å². The molecule has 0 saturated carbocycles. The van der Waals surface area contributed by atoms with E-state index in [2.05, 4.69) is 11.8 Å². The van der Waals surface area contributed by atoms with E-state index in [9.17, 15) is 4.79 Å². The third-order valence-corrected chi connectivity index (χ3v) is 2.14. The Hall–Kier alpha value is -1.75. The largest absolute Gasteiger partial charge is 0.494 e. The van der Waals surface area contributed by atoms with E-state index in [-0.39, 0.29) is 5.78 Å². The molecule has 0 bridgehead atoms. The van der Waals surface area contributed by atoms with Crippen molar-refractivity contribution >= 4 is 5.78 Å². The minimum Gasteiger partial charge on any atom is -0.494 e. The molecular weight excluding hydrogens is 200 g/mol. The summed E-state index contributed by atoms with van der Waals surface area (Å²) in [5.74, 6) is 6.59. The van der Waals surface area contributed by atoms with Crippen LogP contribution in [0.2, 0.25) is 0 Å². The third-order valence-electron chi connectivity index (χ3n) is 2.14. The molecule has 0 aliphatic rings. The number of hydrogen-bond donors (Lipinski definition) is 0. The van der Waals surface area contributed by atoms with Crippen LogP contribution in [0.1, 0.15) is 37.0 Å². The molecule has 0 atom stereocenters. The molecule has 16 heavy (non-hydrogen) atoms. The highest BCUT2D eigenvalue weighted by atomic mass is 16.5. The number of Topliss-reactive ketones (excluding diaryl/α,β-unsaturated/α-hetero) is 1. The highest BCUT2D eigenvalue weighted by Gasteiger charge is 2.04. The van der Waals surface area contributed by atoms with Crippen LogP contribution in [0, 0.1) is 11.8 Å². The lowest BCUT2D eigenvalue weighted by atomic mass is 10.1. The molecule has 0 N–H and O–H groups in total. The molecule has 1 aromatic rings. The highest BCUT2D eigenvalue weighted by Crippen LogP contribution is 2.13. The number of benzene rings is 1. The maximum Gasteiger partial charge on any atom is 0.163 e. The minimum atomic E-state index is 0.130. The van der Waals surface area contributed by atoms with Gasteiger partial charge in [0.1, 0.15) is 5.75 Å². The summed E-state index contributed by atoms with van der Waals surface area (Å²) in [5.41, 5.74) is 0.723. The van der Waals surface area contributed by atoms with Gasteiger partial charge < -0.3 is 4.74 Å². The van der Waals surface area contributed by atoms with Crippen molar-refractivity contribution in [2.45, 2.75) is 26.7 Å². The van der Waals surface area contributed by atoms with Gasteiger partial charge in [-0.25, -0.2) is 0 Å². The van der Waals surface area contributed by atoms with Gasteiger partial charge in [-0.15, -0.1) is 11.8 Å². The van der Waals surface area contributed by atoms with Crippen molar-refractivity contribution in [1.29, 1.82) is 0 Å². The Labute approximate surface area is 96.6 Å². The summed E-state index contributed by atoms with van der Waals surface area (Å²) in [5, 5.41) is 0. The van der Waals surface area contributed by atoms with E-state index in [0.29, 0.717) is 19.4 Å². The van der Waals surface area contributed by atoms with Crippen LogP contribution in [0.25, 0.3) is 0 Å². The fraction of sp³-hybridized carbons (Fsp3) is 0.357. The van der Waals surface area contributed by atoms with Gasteiger partial charge in [-0.05, 0) is 38.1 Å². The number of hydrogen-bond acceptors (Lipinski definition) is 2. The normalized spacial score (nSPS) is 9.12. The molecule has 1 aromatic carbocycles. The van der Waals surface area contributed by atoms with Crippen molar-refractivity contribution in [3.05, 3.63) is 29.8 Å². The lowest BCUT2D eigenvalue weighted by Gasteiger charge is -2.03. The molecule has 0 aromatic heterocycles. The van der Waals surface area contributed by atoms with Crippen LogP contribution in [-0.2, 0) is 0 Å². The molecule has 1 rings (SSSR count). The molecule has 0 fully saturated rings. The van der Waals surface area contributed by atoms with Crippen LogP contribution < -0.4 is 4.74 Å². The quantitative estimate of drug-likeness (QED) is 0.558. The first-order valence-electron chi connectivity index (χ1n) is 5.43. The zero-order valence-electron chi connectivity index (χ0n) is 9.75. The number of ether oxygens (including phenoxy) is 1. The Bertz CT molecular complexity index is 393. The molecule has 0 aliphatic heterocycles. The van der Waals surface area contributed by atoms with Crippen LogP contribution in [0.4, 0.5) is 0 Å². The predicted molar refractivity (Wildman–Crippen MR) is 64.6 cm³/mol. The number of carbonyl (C=O) groups excluding carboxylic acids is 1. The van der Waals surface area contributed by atoms with Gasteiger partial charge in [0.25, 0.3) is 0 Å². The van der Waals surface area contributed by atoms with Gasteiger partial charge in [-0.2, -0.15) is 0 Å². The van der Waals surface area contributed by atoms with Crippen molar-refractivity contribution in [1.82, 2.24) is 0 Å². The summed E-state index contributed by atoms with van der Waals surface area (Å²) in [7, 11) is 0. The zero-order chi connectivity index (χ0) is 11.8. The lowest BCUT2D eigenvalue weighted by molar-refractivity contribution is 0.0984. The van der Waals surface area contributed by atoms with E-state index < -0.39 is 0 Å². The van der Waals surface area contributed by atoms with Gasteiger partial charge in [-0.1, -0.05) is 0 Å². The van der Waals surface area contributed by atoms with E-state index in [1.165, 1.54) is 0 Å². The van der Waals surface area contributed by atoms with Crippen molar-refractivity contribution < 1.29 is 9.53 Å². The summed E-state index contributed by atoms with van der Waals surface area (Å²) in [4.78, 5) is 11.7. The first-order valence-corrected chi connectivity index (χ1v) is 5.43. The molecule has 0 saturated heterocycles. The molecule has 0 amide bonds. The highest BCUT2D eigenvalue weighted by molar-refractivity contribution is 5.96. The number of carbonyl (C=O) groups is 1. The van der Waals surface area contributed by atoms with Crippen LogP contribution in [0.3, 0.4) is 0 Å². The third kappa shape index (κ3) is 3.78. The average Bonchev–Trinajstić information content (AvgIpc) is 2.30. The van der Waals surface area contributed by atoms with Gasteiger partial charge in [0.05, 0.1) is 6.61 Å². The van der Waals surface area contributed by atoms with E-state index in [1.54, 1.807) is 19.1 Å². The number of ketones is 1. The second-order valence-electron chi connectivity index (χ2n) is 3.31. The Kier molecular flexibility index (Phi) is 5.15. The molecule has 0 spiro atoms. The Morgan fingerprint density at radius 1 is 1.31 bits per heavy atom. The van der Waals surface area contributed by atoms with E-state index in [0.717, 1.165) is 11.3 Å². The van der Waals surface area contributed by atoms with Crippen LogP contribution in [-0.4, -0.2) is 12.4 Å². The number of rotatable bonds is 5. The monoisotopic (exact) mass is 216 g/mol. The minimum absolute atomic E-state index is 0.130. The SMILES string of the molecule is CC#CCCC(=O)c1ccc(OCC)cc1. The summed E-state index contributed by atoms with van der Waals surface area (Å²) in [6.07, 6.45) is 1.11. The maximum absolute atomic E-state index is 11.7. The van der Waals surface area contributed by atoms with Gasteiger partial charge in [0.2, 0.25) is 0 Å². The van der Waals surface area contributed by atoms with E-state index >= 15 is 0 Å². The molecule has 84 valence electrons. The standard InChI is InChI=1S/C14H16O2/c1-3-5-6-7-14(15)12-8-10-13(11-9-12)16-4-2/h8-11H,4,6-7H2,1-2H3. The van der Waals surface area contributed by atoms with Crippen molar-refractivity contribution in [2.24, 2.45) is 0 Å². The van der Waals surface area contributed by atoms with Crippen molar-refractivity contribution in [3.63, 3.8) is 0 Å². The molecular formula is C14H16O2. The fourth-order valence-electron chi connectivity index (χ4n) is 1.35. The topological polar surface area (TPSA) is 26.3 Å². The maximum atomic E-state index is 11.7. The Morgan fingerprint density at radius 3 is 2.56 bits per heavy atom. The molecule has 2 nitrogen and oxygen atoms in total. The molecule has 0 heterocycles. The van der Waals surface area contributed by atoms with Gasteiger partial charge in [-0.3, -0.25) is 4.79 Å². The van der Waals surface area contributed by atoms with E-state index in [4.69, 9.17) is 4.74 Å². The Morgan fingerprint density at radius 2 is 2.00 bits per heavy atom. The molecule has 0 radical (unpaired) electrons. The molecule has 2 heteroatoms. The van der Waals surface area contributed by atoms with Crippen molar-refractivity contribution in [2.75, 3.05) is 6.61 Å². The average molecular weight is 216 g/mol. The molecule has 0 unspecified atom stereocenters. The summed E-state index contributed by atoms with van der Waals surface area (Å²) in [6.45, 7) is 4.35. The fourth-order valence-corrected chi connectivity index (χ4v) is 1.35. The first-order chi connectivity index (χ1) is 7.77. The van der Waals surface area contributed by atoms with Gasteiger partial charge in [0, 0.05) is 18.4 Å². The summed E-state index contributed by atoms with van der Waals surface area (Å²) < 4.78 is 5.31. The summed E-state index contributed by atoms with van der Waals surface area (Å²) >= 11 is 0.